The number of aliphatic imine (C=N–C) groups is 1. The molecule has 1 saturated heterocycles. The van der Waals surface area contributed by atoms with E-state index in [0.29, 0.717) is 17.4 Å². The number of hydrogen-bond acceptors (Lipinski definition) is 4. The highest BCUT2D eigenvalue weighted by Gasteiger charge is 2.15. The molecule has 0 bridgehead atoms. The summed E-state index contributed by atoms with van der Waals surface area (Å²) in [6.45, 7) is 6.99. The molecule has 2 rings (SSSR count). The van der Waals surface area contributed by atoms with E-state index in [9.17, 15) is 8.42 Å². The highest BCUT2D eigenvalue weighted by Crippen LogP contribution is 2.15. The van der Waals surface area contributed by atoms with E-state index in [1.165, 1.54) is 25.9 Å². The summed E-state index contributed by atoms with van der Waals surface area (Å²) in [5.41, 5.74) is 0. The van der Waals surface area contributed by atoms with Gasteiger partial charge >= 0.3 is 0 Å². The number of likely N-dealkylation sites (tertiary alicyclic amines) is 1. The number of nitrogens with one attached hydrogen (secondary N) is 2. The molecule has 0 atom stereocenters. The smallest absolute Gasteiger partial charge is 0.191 e. The minimum Gasteiger partial charge on any atom is -0.356 e. The molecule has 8 heteroatoms. The van der Waals surface area contributed by atoms with Crippen molar-refractivity contribution >= 4 is 39.8 Å². The maximum absolute atomic E-state index is 12.3. The van der Waals surface area contributed by atoms with Crippen molar-refractivity contribution in [2.45, 2.75) is 31.1 Å². The van der Waals surface area contributed by atoms with Crippen molar-refractivity contribution in [3.8, 4) is 0 Å². The summed E-state index contributed by atoms with van der Waals surface area (Å²) in [6, 6.07) is 8.55. The summed E-state index contributed by atoms with van der Waals surface area (Å²) >= 11 is 0. The topological polar surface area (TPSA) is 73.8 Å². The molecule has 1 heterocycles. The summed E-state index contributed by atoms with van der Waals surface area (Å²) < 4.78 is 24.5. The van der Waals surface area contributed by atoms with Crippen LogP contribution in [0.15, 0.2) is 40.2 Å². The van der Waals surface area contributed by atoms with Crippen molar-refractivity contribution in [2.75, 3.05) is 45.5 Å². The van der Waals surface area contributed by atoms with Gasteiger partial charge in [0.2, 0.25) is 0 Å². The first-order chi connectivity index (χ1) is 12.5. The third kappa shape index (κ3) is 8.78. The molecule has 154 valence electrons. The van der Waals surface area contributed by atoms with Gasteiger partial charge in [-0.2, -0.15) is 0 Å². The van der Waals surface area contributed by atoms with E-state index in [0.717, 1.165) is 25.4 Å². The Kier molecular flexibility index (Phi) is 11.2. The fraction of sp³-hybridized carbons (Fsp3) is 0.632. The third-order valence-corrected chi connectivity index (χ3v) is 6.54. The van der Waals surface area contributed by atoms with Crippen molar-refractivity contribution in [2.24, 2.45) is 10.9 Å². The molecule has 0 amide bonds. The van der Waals surface area contributed by atoms with Gasteiger partial charge in [-0.05, 0) is 56.9 Å². The SMILES string of the molecule is CN=C(NCCCN1CCC(C)CC1)NCCS(=O)(=O)c1ccccc1.I. The molecule has 1 aliphatic heterocycles. The number of nitrogens with zero attached hydrogens (tertiary/aromatic N) is 2. The zero-order valence-electron chi connectivity index (χ0n) is 16.4. The Morgan fingerprint density at radius 1 is 1.15 bits per heavy atom. The number of hydrogen-bond donors (Lipinski definition) is 2. The fourth-order valence-electron chi connectivity index (χ4n) is 3.07. The predicted molar refractivity (Wildman–Crippen MR) is 123 cm³/mol. The van der Waals surface area contributed by atoms with Crippen molar-refractivity contribution in [1.82, 2.24) is 15.5 Å². The minimum atomic E-state index is -3.26. The molecule has 1 fully saturated rings. The van der Waals surface area contributed by atoms with Crippen LogP contribution in [-0.2, 0) is 9.84 Å². The van der Waals surface area contributed by atoms with Gasteiger partial charge in [0.1, 0.15) is 0 Å². The second-order valence-electron chi connectivity index (χ2n) is 6.94. The lowest BCUT2D eigenvalue weighted by molar-refractivity contribution is 0.191. The van der Waals surface area contributed by atoms with Gasteiger partial charge in [0.05, 0.1) is 10.6 Å². The zero-order chi connectivity index (χ0) is 18.8. The van der Waals surface area contributed by atoms with Crippen LogP contribution in [0.2, 0.25) is 0 Å². The molecule has 1 aliphatic rings. The quantitative estimate of drug-likeness (QED) is 0.244. The second kappa shape index (κ2) is 12.6. The van der Waals surface area contributed by atoms with E-state index in [-0.39, 0.29) is 29.7 Å². The number of halogens is 1. The first-order valence-electron chi connectivity index (χ1n) is 9.46. The van der Waals surface area contributed by atoms with Gasteiger partial charge in [0.25, 0.3) is 0 Å². The Labute approximate surface area is 181 Å². The maximum Gasteiger partial charge on any atom is 0.191 e. The summed E-state index contributed by atoms with van der Waals surface area (Å²) in [5.74, 6) is 1.56. The Balaban J connectivity index is 0.00000364. The maximum atomic E-state index is 12.3. The van der Waals surface area contributed by atoms with Crippen molar-refractivity contribution in [3.63, 3.8) is 0 Å². The van der Waals surface area contributed by atoms with E-state index < -0.39 is 9.84 Å². The van der Waals surface area contributed by atoms with Crippen LogP contribution in [0.25, 0.3) is 0 Å². The van der Waals surface area contributed by atoms with Crippen molar-refractivity contribution in [3.05, 3.63) is 30.3 Å². The summed E-state index contributed by atoms with van der Waals surface area (Å²) in [6.07, 6.45) is 3.65. The first kappa shape index (κ1) is 24.2. The molecule has 0 unspecified atom stereocenters. The Morgan fingerprint density at radius 2 is 1.78 bits per heavy atom. The molecular weight excluding hydrogens is 475 g/mol. The number of piperidine rings is 1. The van der Waals surface area contributed by atoms with Gasteiger partial charge in [-0.15, -0.1) is 24.0 Å². The fourth-order valence-corrected chi connectivity index (χ4v) is 4.24. The Morgan fingerprint density at radius 3 is 2.41 bits per heavy atom. The number of guanidine groups is 1. The molecule has 0 spiro atoms. The lowest BCUT2D eigenvalue weighted by Crippen LogP contribution is -2.41. The van der Waals surface area contributed by atoms with Gasteiger partial charge in [-0.3, -0.25) is 4.99 Å². The van der Waals surface area contributed by atoms with Gasteiger partial charge in [-0.25, -0.2) is 8.42 Å². The molecule has 0 saturated carbocycles. The van der Waals surface area contributed by atoms with E-state index in [1.807, 2.05) is 6.07 Å². The Bertz CT molecular complexity index is 660. The van der Waals surface area contributed by atoms with E-state index >= 15 is 0 Å². The zero-order valence-corrected chi connectivity index (χ0v) is 19.5. The van der Waals surface area contributed by atoms with Gasteiger partial charge in [0, 0.05) is 20.1 Å². The predicted octanol–water partition coefficient (Wildman–Crippen LogP) is 2.37. The van der Waals surface area contributed by atoms with Crippen molar-refractivity contribution in [1.29, 1.82) is 0 Å². The van der Waals surface area contributed by atoms with Crippen LogP contribution in [0.4, 0.5) is 0 Å². The van der Waals surface area contributed by atoms with E-state index in [2.05, 4.69) is 27.4 Å². The van der Waals surface area contributed by atoms with Crippen LogP contribution in [0.1, 0.15) is 26.2 Å². The highest BCUT2D eigenvalue weighted by atomic mass is 127. The van der Waals surface area contributed by atoms with E-state index in [4.69, 9.17) is 0 Å². The normalized spacial score (nSPS) is 16.6. The van der Waals surface area contributed by atoms with Crippen molar-refractivity contribution < 1.29 is 8.42 Å². The molecular formula is C19H33IN4O2S. The summed E-state index contributed by atoms with van der Waals surface area (Å²) in [4.78, 5) is 7.04. The Hall–Kier alpha value is -0.870. The monoisotopic (exact) mass is 508 g/mol. The van der Waals surface area contributed by atoms with Crippen LogP contribution in [0.3, 0.4) is 0 Å². The number of benzene rings is 1. The molecule has 1 aromatic rings. The average molecular weight is 508 g/mol. The molecule has 27 heavy (non-hydrogen) atoms. The van der Waals surface area contributed by atoms with Crippen LogP contribution < -0.4 is 10.6 Å². The van der Waals surface area contributed by atoms with Crippen LogP contribution >= 0.6 is 24.0 Å². The largest absolute Gasteiger partial charge is 0.356 e. The van der Waals surface area contributed by atoms with Crippen LogP contribution in [-0.4, -0.2) is 64.8 Å². The number of rotatable bonds is 8. The number of sulfone groups is 1. The molecule has 0 aliphatic carbocycles. The highest BCUT2D eigenvalue weighted by molar-refractivity contribution is 14.0. The molecule has 6 nitrogen and oxygen atoms in total. The van der Waals surface area contributed by atoms with Crippen LogP contribution in [0.5, 0.6) is 0 Å². The van der Waals surface area contributed by atoms with Gasteiger partial charge in [-0.1, -0.05) is 25.1 Å². The minimum absolute atomic E-state index is 0. The molecule has 2 N–H and O–H groups in total. The van der Waals surface area contributed by atoms with Gasteiger partial charge < -0.3 is 15.5 Å². The lowest BCUT2D eigenvalue weighted by atomic mass is 9.99. The second-order valence-corrected chi connectivity index (χ2v) is 9.04. The van der Waals surface area contributed by atoms with Gasteiger partial charge in [0.15, 0.2) is 15.8 Å². The van der Waals surface area contributed by atoms with Crippen LogP contribution in [0, 0.1) is 5.92 Å². The average Bonchev–Trinajstić information content (AvgIpc) is 2.65. The summed E-state index contributed by atoms with van der Waals surface area (Å²) in [7, 11) is -1.56. The lowest BCUT2D eigenvalue weighted by Gasteiger charge is -2.30. The molecule has 0 radical (unpaired) electrons. The standard InChI is InChI=1S/C19H32N4O2S.HI/c1-17-9-14-23(15-10-17)13-6-11-21-19(20-2)22-12-16-26(24,25)18-7-4-3-5-8-18;/h3-5,7-8,17H,6,9-16H2,1-2H3,(H2,20,21,22);1H. The summed E-state index contributed by atoms with van der Waals surface area (Å²) in [5, 5.41) is 6.35. The van der Waals surface area contributed by atoms with E-state index in [1.54, 1.807) is 31.3 Å². The first-order valence-corrected chi connectivity index (χ1v) is 11.1. The third-order valence-electron chi connectivity index (χ3n) is 4.81. The molecule has 1 aromatic carbocycles. The molecule has 0 aromatic heterocycles.